The Morgan fingerprint density at radius 1 is 0.867 bits per heavy atom. The molecule has 0 rings (SSSR count). The highest BCUT2D eigenvalue weighted by atomic mass is 29.2. The van der Waals surface area contributed by atoms with Crippen LogP contribution < -0.4 is 0 Å². The predicted molar refractivity (Wildman–Crippen MR) is 69.5 cm³/mol. The summed E-state index contributed by atoms with van der Waals surface area (Å²) in [4.78, 5) is 0. The van der Waals surface area contributed by atoms with E-state index in [-0.39, 0.29) is 0 Å². The van der Waals surface area contributed by atoms with E-state index in [0.717, 1.165) is 0 Å². The Morgan fingerprint density at radius 2 is 1.20 bits per heavy atom. The van der Waals surface area contributed by atoms with Crippen LogP contribution in [0.1, 0.15) is 20.8 Å². The summed E-state index contributed by atoms with van der Waals surface area (Å²) in [5.74, 6) is 0. The molecule has 0 aliphatic carbocycles. The Hall–Kier alpha value is 0.314. The van der Waals surface area contributed by atoms with Gasteiger partial charge in [0, 0.05) is 27.4 Å². The lowest BCUT2D eigenvalue weighted by Crippen LogP contribution is -2.54. The van der Waals surface area contributed by atoms with E-state index in [0.29, 0.717) is 19.8 Å². The molecule has 0 atom stereocenters. The molecule has 0 bridgehead atoms. The van der Waals surface area contributed by atoms with Crippen molar-refractivity contribution in [2.45, 2.75) is 46.0 Å². The van der Waals surface area contributed by atoms with E-state index < -0.39 is 22.2 Å². The maximum atomic E-state index is 5.74. The first-order valence-corrected chi connectivity index (χ1v) is 12.3. The molecule has 0 amide bonds. The molecule has 0 aromatic heterocycles. The highest BCUT2D eigenvalue weighted by Crippen LogP contribution is 2.18. The van der Waals surface area contributed by atoms with Crippen molar-refractivity contribution in [1.29, 1.82) is 0 Å². The number of rotatable bonds is 8. The van der Waals surface area contributed by atoms with Crippen LogP contribution in [-0.2, 0) is 14.2 Å². The molecule has 0 aliphatic rings. The average molecular weight is 250 g/mol. The van der Waals surface area contributed by atoms with Crippen LogP contribution in [0.2, 0.25) is 19.6 Å². The minimum absolute atomic E-state index is 0.504. The van der Waals surface area contributed by atoms with Crippen LogP contribution in [0.15, 0.2) is 0 Å². The molecule has 0 radical (unpaired) electrons. The van der Waals surface area contributed by atoms with Crippen molar-refractivity contribution >= 4 is 16.6 Å². The van der Waals surface area contributed by atoms with Crippen molar-refractivity contribution in [3.05, 3.63) is 0 Å². The van der Waals surface area contributed by atoms with Gasteiger partial charge < -0.3 is 14.2 Å². The second kappa shape index (κ2) is 6.80. The lowest BCUT2D eigenvalue weighted by molar-refractivity contribution is -0.321. The van der Waals surface area contributed by atoms with E-state index in [2.05, 4.69) is 19.6 Å². The second-order valence-electron chi connectivity index (χ2n) is 4.72. The third kappa shape index (κ3) is 6.47. The van der Waals surface area contributed by atoms with E-state index in [1.165, 1.54) is 0 Å². The molecule has 0 unspecified atom stereocenters. The third-order valence-corrected chi connectivity index (χ3v) is 8.43. The summed E-state index contributed by atoms with van der Waals surface area (Å²) in [6, 6.07) is 0. The molecule has 0 aliphatic heterocycles. The van der Waals surface area contributed by atoms with E-state index in [1.54, 1.807) is 0 Å². The van der Waals surface area contributed by atoms with Gasteiger partial charge in [-0.25, -0.2) is 0 Å². The van der Waals surface area contributed by atoms with Gasteiger partial charge in [0.1, 0.15) is 9.04 Å². The molecule has 3 nitrogen and oxygen atoms in total. The van der Waals surface area contributed by atoms with Gasteiger partial charge in [0.2, 0.25) is 5.60 Å². The molecule has 5 heteroatoms. The summed E-state index contributed by atoms with van der Waals surface area (Å²) in [6.07, 6.45) is 0. The van der Waals surface area contributed by atoms with E-state index >= 15 is 0 Å². The van der Waals surface area contributed by atoms with Gasteiger partial charge in [-0.3, -0.25) is 0 Å². The molecular weight excluding hydrogens is 224 g/mol. The first-order valence-electron chi connectivity index (χ1n) is 5.81. The highest BCUT2D eigenvalue weighted by Gasteiger charge is 2.38. The van der Waals surface area contributed by atoms with Gasteiger partial charge in [0.25, 0.3) is 0 Å². The Morgan fingerprint density at radius 3 is 1.40 bits per heavy atom. The summed E-state index contributed by atoms with van der Waals surface area (Å²) < 4.78 is 17.2. The topological polar surface area (TPSA) is 27.7 Å². The van der Waals surface area contributed by atoms with Crippen molar-refractivity contribution in [2.24, 2.45) is 0 Å². The van der Waals surface area contributed by atoms with Gasteiger partial charge in [-0.2, -0.15) is 0 Å². The summed E-state index contributed by atoms with van der Waals surface area (Å²) in [5.41, 5.74) is -0.664. The van der Waals surface area contributed by atoms with Gasteiger partial charge in [0.15, 0.2) is 0 Å². The summed E-state index contributed by atoms with van der Waals surface area (Å²) >= 11 is 0. The Bertz CT molecular complexity index is 152. The molecule has 92 valence electrons. The maximum Gasteiger partial charge on any atom is 0.246 e. The van der Waals surface area contributed by atoms with E-state index in [4.69, 9.17) is 14.2 Å². The number of hydrogen-bond acceptors (Lipinski definition) is 3. The van der Waals surface area contributed by atoms with Crippen LogP contribution in [0, 0.1) is 0 Å². The van der Waals surface area contributed by atoms with E-state index in [9.17, 15) is 0 Å². The molecule has 0 saturated carbocycles. The van der Waals surface area contributed by atoms with Crippen LogP contribution in [0.3, 0.4) is 0 Å². The van der Waals surface area contributed by atoms with Gasteiger partial charge in [-0.15, -0.1) is 0 Å². The van der Waals surface area contributed by atoms with Crippen LogP contribution in [0.25, 0.3) is 0 Å². The SMILES string of the molecule is CCOC(OCC)(OCC)[SiH2][Si](C)(C)C. The number of hydrogen-bond donors (Lipinski definition) is 0. The highest BCUT2D eigenvalue weighted by molar-refractivity contribution is 7.23. The molecule has 0 aromatic rings. The van der Waals surface area contributed by atoms with Crippen molar-refractivity contribution in [1.82, 2.24) is 0 Å². The molecular formula is C10H26O3Si2. The summed E-state index contributed by atoms with van der Waals surface area (Å²) in [6.45, 7) is 15.0. The molecule has 0 heterocycles. The summed E-state index contributed by atoms with van der Waals surface area (Å²) in [7, 11) is -1.64. The fourth-order valence-electron chi connectivity index (χ4n) is 1.59. The minimum atomic E-state index is -1.14. The van der Waals surface area contributed by atoms with Crippen molar-refractivity contribution in [2.75, 3.05) is 19.8 Å². The average Bonchev–Trinajstić information content (AvgIpc) is 2.01. The predicted octanol–water partition coefficient (Wildman–Crippen LogP) is 1.71. The van der Waals surface area contributed by atoms with Crippen LogP contribution >= 0.6 is 0 Å². The molecule has 0 N–H and O–H groups in total. The fraction of sp³-hybridized carbons (Fsp3) is 1.00. The first kappa shape index (κ1) is 15.3. The lowest BCUT2D eigenvalue weighted by Gasteiger charge is -2.36. The molecule has 15 heavy (non-hydrogen) atoms. The fourth-order valence-corrected chi connectivity index (χ4v) is 8.62. The molecule has 0 aromatic carbocycles. The van der Waals surface area contributed by atoms with Crippen LogP contribution in [0.4, 0.5) is 0 Å². The molecule has 0 spiro atoms. The zero-order valence-electron chi connectivity index (χ0n) is 11.1. The van der Waals surface area contributed by atoms with Gasteiger partial charge in [-0.1, -0.05) is 19.6 Å². The smallest absolute Gasteiger partial charge is 0.246 e. The van der Waals surface area contributed by atoms with Crippen molar-refractivity contribution in [3.63, 3.8) is 0 Å². The standard InChI is InChI=1S/C10H26O3Si2/c1-7-11-10(12-8-2,13-9-3)14-15(4,5)6/h7-9,14H2,1-6H3. The minimum Gasteiger partial charge on any atom is -0.333 e. The van der Waals surface area contributed by atoms with Gasteiger partial charge in [-0.05, 0) is 20.8 Å². The quantitative estimate of drug-likeness (QED) is 0.485. The first-order chi connectivity index (χ1) is 6.89. The Labute approximate surface area is 97.1 Å². The van der Waals surface area contributed by atoms with Crippen molar-refractivity contribution < 1.29 is 14.2 Å². The maximum absolute atomic E-state index is 5.74. The molecule has 0 fully saturated rings. The Kier molecular flexibility index (Phi) is 6.94. The van der Waals surface area contributed by atoms with Crippen molar-refractivity contribution in [3.8, 4) is 0 Å². The zero-order valence-corrected chi connectivity index (χ0v) is 13.5. The zero-order chi connectivity index (χ0) is 11.9. The van der Waals surface area contributed by atoms with Gasteiger partial charge >= 0.3 is 0 Å². The van der Waals surface area contributed by atoms with Crippen LogP contribution in [-0.4, -0.2) is 42.0 Å². The number of ether oxygens (including phenoxy) is 3. The monoisotopic (exact) mass is 250 g/mol. The third-order valence-electron chi connectivity index (χ3n) is 1.84. The Balaban J connectivity index is 4.60. The normalized spacial score (nSPS) is 14.0. The van der Waals surface area contributed by atoms with Gasteiger partial charge in [0.05, 0.1) is 0 Å². The second-order valence-corrected chi connectivity index (χ2v) is 18.5. The lowest BCUT2D eigenvalue weighted by atomic mass is 10.8. The summed E-state index contributed by atoms with van der Waals surface area (Å²) in [5, 5.41) is 0. The molecule has 0 saturated heterocycles. The van der Waals surface area contributed by atoms with E-state index in [1.807, 2.05) is 20.8 Å². The largest absolute Gasteiger partial charge is 0.333 e. The van der Waals surface area contributed by atoms with Crippen LogP contribution in [0.5, 0.6) is 0 Å².